The van der Waals surface area contributed by atoms with E-state index < -0.39 is 5.91 Å². The van der Waals surface area contributed by atoms with Crippen molar-refractivity contribution in [3.8, 4) is 0 Å². The van der Waals surface area contributed by atoms with Gasteiger partial charge in [0.15, 0.2) is 0 Å². The highest BCUT2D eigenvalue weighted by atomic mass is 16.5. The maximum absolute atomic E-state index is 11.1. The molecular formula is C24H25N5O2. The fraction of sp³-hybridized carbons (Fsp3) is 0.167. The van der Waals surface area contributed by atoms with Crippen molar-refractivity contribution < 1.29 is 10.0 Å². The average Bonchev–Trinajstić information content (AvgIpc) is 3.46. The molecule has 7 nitrogen and oxygen atoms in total. The number of carbonyl (C=O) groups is 1. The molecule has 0 aliphatic carbocycles. The molecule has 0 atom stereocenters. The fourth-order valence-corrected chi connectivity index (χ4v) is 3.64. The third-order valence-corrected chi connectivity index (χ3v) is 5.24. The van der Waals surface area contributed by atoms with Crippen molar-refractivity contribution in [1.29, 1.82) is 0 Å². The van der Waals surface area contributed by atoms with Crippen LogP contribution in [0.5, 0.6) is 0 Å². The minimum atomic E-state index is -0.549. The number of rotatable bonds is 9. The van der Waals surface area contributed by atoms with Gasteiger partial charge >= 0.3 is 0 Å². The van der Waals surface area contributed by atoms with Crippen LogP contribution in [-0.2, 0) is 24.3 Å². The van der Waals surface area contributed by atoms with E-state index in [-0.39, 0.29) is 0 Å². The molecule has 0 aliphatic rings. The van der Waals surface area contributed by atoms with Crippen LogP contribution < -0.4 is 5.48 Å². The van der Waals surface area contributed by atoms with E-state index in [9.17, 15) is 4.79 Å². The number of para-hydroxylation sites is 1. The van der Waals surface area contributed by atoms with E-state index in [0.29, 0.717) is 0 Å². The van der Waals surface area contributed by atoms with Gasteiger partial charge in [0.25, 0.3) is 5.91 Å². The lowest BCUT2D eigenvalue weighted by molar-refractivity contribution is -0.124. The van der Waals surface area contributed by atoms with Crippen molar-refractivity contribution >= 4 is 22.9 Å². The van der Waals surface area contributed by atoms with Crippen LogP contribution in [0.2, 0.25) is 0 Å². The second-order valence-corrected chi connectivity index (χ2v) is 7.45. The summed E-state index contributed by atoms with van der Waals surface area (Å²) in [5.74, 6) is -0.549. The van der Waals surface area contributed by atoms with E-state index in [0.717, 1.165) is 42.8 Å². The van der Waals surface area contributed by atoms with Gasteiger partial charge in [-0.2, -0.15) is 0 Å². The second kappa shape index (κ2) is 9.88. The highest BCUT2D eigenvalue weighted by molar-refractivity contribution is 5.90. The molecule has 4 aromatic rings. The maximum Gasteiger partial charge on any atom is 0.267 e. The number of hydrogen-bond acceptors (Lipinski definition) is 4. The van der Waals surface area contributed by atoms with Gasteiger partial charge in [0.05, 0.1) is 6.33 Å². The molecule has 0 saturated carbocycles. The first-order valence-electron chi connectivity index (χ1n) is 10.2. The lowest BCUT2D eigenvalue weighted by Crippen LogP contribution is -2.25. The summed E-state index contributed by atoms with van der Waals surface area (Å²) in [5, 5.41) is 9.84. The highest BCUT2D eigenvalue weighted by Gasteiger charge is 2.11. The van der Waals surface area contributed by atoms with Crippen LogP contribution in [0.25, 0.3) is 17.0 Å². The first-order valence-corrected chi connectivity index (χ1v) is 10.2. The van der Waals surface area contributed by atoms with Gasteiger partial charge in [-0.15, -0.1) is 0 Å². The molecule has 1 amide bonds. The minimum Gasteiger partial charge on any atom is -0.361 e. The van der Waals surface area contributed by atoms with Crippen molar-refractivity contribution in [2.24, 2.45) is 0 Å². The Balaban J connectivity index is 1.45. The van der Waals surface area contributed by atoms with Crippen molar-refractivity contribution in [3.63, 3.8) is 0 Å². The predicted octanol–water partition coefficient (Wildman–Crippen LogP) is 3.65. The van der Waals surface area contributed by atoms with Crippen LogP contribution in [0.4, 0.5) is 0 Å². The Hall–Kier alpha value is -3.68. The summed E-state index contributed by atoms with van der Waals surface area (Å²) in [6.07, 6.45) is 9.56. The highest BCUT2D eigenvalue weighted by Crippen LogP contribution is 2.19. The quantitative estimate of drug-likeness (QED) is 0.191. The Morgan fingerprint density at radius 2 is 1.94 bits per heavy atom. The number of hydrogen-bond donors (Lipinski definition) is 4. The number of carbonyl (C=O) groups excluding carboxylic acids is 1. The van der Waals surface area contributed by atoms with E-state index in [1.807, 2.05) is 24.4 Å². The lowest BCUT2D eigenvalue weighted by atomic mass is 10.1. The molecule has 0 saturated heterocycles. The molecule has 4 rings (SSSR count). The molecule has 158 valence electrons. The van der Waals surface area contributed by atoms with Gasteiger partial charge in [0, 0.05) is 54.7 Å². The molecule has 0 aliphatic heterocycles. The Bertz CT molecular complexity index is 1150. The van der Waals surface area contributed by atoms with E-state index in [4.69, 9.17) is 5.21 Å². The first kappa shape index (κ1) is 20.6. The molecule has 7 heteroatoms. The summed E-state index contributed by atoms with van der Waals surface area (Å²) in [6, 6.07) is 16.4. The average molecular weight is 415 g/mol. The number of amides is 1. The number of nitrogens with zero attached hydrogens (tertiary/aromatic N) is 2. The smallest absolute Gasteiger partial charge is 0.267 e. The molecule has 2 aromatic heterocycles. The van der Waals surface area contributed by atoms with E-state index >= 15 is 0 Å². The molecule has 0 bridgehead atoms. The zero-order valence-electron chi connectivity index (χ0n) is 17.1. The Kier molecular flexibility index (Phi) is 6.56. The normalized spacial score (nSPS) is 11.5. The Morgan fingerprint density at radius 3 is 2.71 bits per heavy atom. The van der Waals surface area contributed by atoms with E-state index in [1.165, 1.54) is 22.6 Å². The molecule has 0 unspecified atom stereocenters. The van der Waals surface area contributed by atoms with Gasteiger partial charge in [-0.1, -0.05) is 42.5 Å². The number of benzene rings is 2. The third-order valence-electron chi connectivity index (χ3n) is 5.24. The van der Waals surface area contributed by atoms with Crippen molar-refractivity contribution in [1.82, 2.24) is 25.3 Å². The molecule has 4 N–H and O–H groups in total. The lowest BCUT2D eigenvalue weighted by Gasteiger charge is -2.22. The summed E-state index contributed by atoms with van der Waals surface area (Å²) in [5.41, 5.74) is 7.22. The summed E-state index contributed by atoms with van der Waals surface area (Å²) in [6.45, 7) is 2.47. The van der Waals surface area contributed by atoms with Crippen molar-refractivity contribution in [2.45, 2.75) is 19.5 Å². The van der Waals surface area contributed by atoms with Crippen LogP contribution in [0.1, 0.15) is 22.4 Å². The van der Waals surface area contributed by atoms with Gasteiger partial charge in [-0.05, 0) is 35.3 Å². The molecule has 0 radical (unpaired) electrons. The molecule has 2 aromatic carbocycles. The van der Waals surface area contributed by atoms with Crippen LogP contribution in [0.15, 0.2) is 73.3 Å². The number of hydroxylamine groups is 1. The van der Waals surface area contributed by atoms with Gasteiger partial charge in [-0.3, -0.25) is 14.9 Å². The van der Waals surface area contributed by atoms with Crippen molar-refractivity contribution in [3.05, 3.63) is 95.7 Å². The van der Waals surface area contributed by atoms with Crippen LogP contribution in [0, 0.1) is 0 Å². The largest absolute Gasteiger partial charge is 0.361 e. The Labute approximate surface area is 180 Å². The number of aromatic nitrogens is 3. The molecule has 0 fully saturated rings. The topological polar surface area (TPSA) is 97.0 Å². The fourth-order valence-electron chi connectivity index (χ4n) is 3.64. The van der Waals surface area contributed by atoms with Gasteiger partial charge in [0.2, 0.25) is 0 Å². The maximum atomic E-state index is 11.1. The monoisotopic (exact) mass is 415 g/mol. The SMILES string of the molecule is O=C(/C=C/c1ccc(CN(CCc2c[nH]c3ccccc23)Cc2cnc[nH]2)cc1)NO. The molecule has 31 heavy (non-hydrogen) atoms. The summed E-state index contributed by atoms with van der Waals surface area (Å²) < 4.78 is 0. The molecule has 2 heterocycles. The van der Waals surface area contributed by atoms with E-state index in [1.54, 1.807) is 17.9 Å². The zero-order valence-corrected chi connectivity index (χ0v) is 17.1. The van der Waals surface area contributed by atoms with Crippen LogP contribution >= 0.6 is 0 Å². The number of fused-ring (bicyclic) bond motifs is 1. The van der Waals surface area contributed by atoms with Crippen molar-refractivity contribution in [2.75, 3.05) is 6.54 Å². The molecular weight excluding hydrogens is 390 g/mol. The standard InChI is InChI=1S/C24H25N5O2/c30-24(28-31)10-9-18-5-7-19(8-6-18)15-29(16-21-14-25-17-27-21)12-11-20-13-26-23-4-2-1-3-22(20)23/h1-10,13-14,17,26,31H,11-12,15-16H2,(H,25,27)(H,28,30)/b10-9+. The second-order valence-electron chi connectivity index (χ2n) is 7.45. The minimum absolute atomic E-state index is 0.549. The third kappa shape index (κ3) is 5.48. The van der Waals surface area contributed by atoms with E-state index in [2.05, 4.69) is 56.4 Å². The summed E-state index contributed by atoms with van der Waals surface area (Å²) >= 11 is 0. The Morgan fingerprint density at radius 1 is 1.10 bits per heavy atom. The number of imidazole rings is 1. The first-order chi connectivity index (χ1) is 15.2. The summed E-state index contributed by atoms with van der Waals surface area (Å²) in [7, 11) is 0. The zero-order chi connectivity index (χ0) is 21.5. The predicted molar refractivity (Wildman–Crippen MR) is 120 cm³/mol. The number of nitrogens with one attached hydrogen (secondary N) is 3. The van der Waals surface area contributed by atoms with Gasteiger partial charge < -0.3 is 9.97 Å². The number of H-pyrrole nitrogens is 2. The number of aromatic amines is 2. The molecule has 0 spiro atoms. The van der Waals surface area contributed by atoms with Gasteiger partial charge in [0.1, 0.15) is 0 Å². The van der Waals surface area contributed by atoms with Crippen LogP contribution in [-0.4, -0.2) is 37.5 Å². The van der Waals surface area contributed by atoms with Crippen LogP contribution in [0.3, 0.4) is 0 Å². The summed E-state index contributed by atoms with van der Waals surface area (Å²) in [4.78, 5) is 24.2. The van der Waals surface area contributed by atoms with Gasteiger partial charge in [-0.25, -0.2) is 10.5 Å².